The fraction of sp³-hybridized carbons (Fsp3) is 0.154. The summed E-state index contributed by atoms with van der Waals surface area (Å²) >= 11 is 7.22. The molecule has 0 N–H and O–H groups in total. The molecule has 10 heteroatoms. The topological polar surface area (TPSA) is 90.0 Å². The van der Waals surface area contributed by atoms with Crippen molar-refractivity contribution in [2.24, 2.45) is 0 Å². The maximum atomic E-state index is 12.9. The Morgan fingerprint density at radius 1 is 1.03 bits per heavy atom. The van der Waals surface area contributed by atoms with Gasteiger partial charge in [0.1, 0.15) is 4.90 Å². The molecular weight excluding hydrogens is 522 g/mol. The molecule has 0 aromatic heterocycles. The monoisotopic (exact) mass is 543 g/mol. The first-order valence-corrected chi connectivity index (χ1v) is 13.5. The second kappa shape index (κ2) is 10.8. The van der Waals surface area contributed by atoms with Crippen molar-refractivity contribution >= 4 is 50.7 Å². The Morgan fingerprint density at radius 3 is 2.39 bits per heavy atom. The van der Waals surface area contributed by atoms with E-state index >= 15 is 0 Å². The number of hydrogen-bond acceptors (Lipinski definition) is 7. The number of hydrogen-bond donors (Lipinski definition) is 0. The molecular formula is C26H22ClNO6S2. The van der Waals surface area contributed by atoms with Gasteiger partial charge in [0, 0.05) is 0 Å². The second-order valence-electron chi connectivity index (χ2n) is 7.87. The smallest absolute Gasteiger partial charge is 0.339 e. The van der Waals surface area contributed by atoms with Crippen LogP contribution in [0.1, 0.15) is 23.6 Å². The lowest BCUT2D eigenvalue weighted by Gasteiger charge is -2.14. The third-order valence-electron chi connectivity index (χ3n) is 5.19. The SMILES string of the molecule is CCOc1cc(/C=C2\SC(=O)N(Cc3ccc(C)cc3)C2=O)cc(Cl)c1OS(=O)(=O)c1ccccc1. The number of carbonyl (C=O) groups is 2. The van der Waals surface area contributed by atoms with E-state index in [9.17, 15) is 18.0 Å². The molecule has 1 aliphatic rings. The molecule has 1 aliphatic heterocycles. The number of amides is 2. The van der Waals surface area contributed by atoms with Crippen molar-refractivity contribution in [3.63, 3.8) is 0 Å². The van der Waals surface area contributed by atoms with Gasteiger partial charge >= 0.3 is 10.1 Å². The Bertz CT molecular complexity index is 1440. The van der Waals surface area contributed by atoms with Crippen LogP contribution in [-0.4, -0.2) is 31.1 Å². The lowest BCUT2D eigenvalue weighted by molar-refractivity contribution is -0.123. The van der Waals surface area contributed by atoms with Gasteiger partial charge in [-0.15, -0.1) is 0 Å². The summed E-state index contributed by atoms with van der Waals surface area (Å²) in [5.74, 6) is -0.492. The molecule has 0 radical (unpaired) electrons. The number of carbonyl (C=O) groups excluding carboxylic acids is 2. The van der Waals surface area contributed by atoms with Crippen molar-refractivity contribution in [3.8, 4) is 11.5 Å². The van der Waals surface area contributed by atoms with E-state index in [1.165, 1.54) is 35.2 Å². The average Bonchev–Trinajstić information content (AvgIpc) is 3.10. The number of benzene rings is 3. The Kier molecular flexibility index (Phi) is 7.73. The van der Waals surface area contributed by atoms with Crippen LogP contribution in [0.2, 0.25) is 5.02 Å². The molecule has 3 aromatic rings. The van der Waals surface area contributed by atoms with Gasteiger partial charge in [0.05, 0.1) is 23.1 Å². The first-order valence-electron chi connectivity index (χ1n) is 10.9. The number of halogens is 1. The highest BCUT2D eigenvalue weighted by atomic mass is 35.5. The zero-order chi connectivity index (χ0) is 25.9. The Balaban J connectivity index is 1.61. The standard InChI is InChI=1S/C26H22ClNO6S2/c1-3-33-22-14-19(13-21(27)24(22)34-36(31,32)20-7-5-4-6-8-20)15-23-25(29)28(26(30)35-23)16-18-11-9-17(2)10-12-18/h4-15H,3,16H2,1-2H3/b23-15-. The van der Waals surface area contributed by atoms with Crippen molar-refractivity contribution in [1.29, 1.82) is 0 Å². The predicted molar refractivity (Wildman–Crippen MR) is 140 cm³/mol. The molecule has 1 fully saturated rings. The third-order valence-corrected chi connectivity index (χ3v) is 7.61. The van der Waals surface area contributed by atoms with Gasteiger partial charge in [0.15, 0.2) is 5.75 Å². The van der Waals surface area contributed by atoms with E-state index in [1.54, 1.807) is 25.1 Å². The molecule has 0 atom stereocenters. The molecule has 4 rings (SSSR count). The van der Waals surface area contributed by atoms with Crippen LogP contribution in [0.25, 0.3) is 6.08 Å². The van der Waals surface area contributed by atoms with Crippen LogP contribution in [0.15, 0.2) is 76.5 Å². The number of thioether (sulfide) groups is 1. The average molecular weight is 544 g/mol. The van der Waals surface area contributed by atoms with Gasteiger partial charge in [-0.05, 0) is 67.1 Å². The molecule has 0 bridgehead atoms. The molecule has 1 heterocycles. The highest BCUT2D eigenvalue weighted by Gasteiger charge is 2.35. The van der Waals surface area contributed by atoms with Gasteiger partial charge < -0.3 is 8.92 Å². The zero-order valence-electron chi connectivity index (χ0n) is 19.4. The molecule has 7 nitrogen and oxygen atoms in total. The normalized spacial score (nSPS) is 15.0. The summed E-state index contributed by atoms with van der Waals surface area (Å²) in [6, 6.07) is 18.2. The summed E-state index contributed by atoms with van der Waals surface area (Å²) in [5, 5.41) is -0.401. The molecule has 0 spiro atoms. The third kappa shape index (κ3) is 5.75. The highest BCUT2D eigenvalue weighted by Crippen LogP contribution is 2.40. The number of rotatable bonds is 8. The van der Waals surface area contributed by atoms with Crippen LogP contribution < -0.4 is 8.92 Å². The van der Waals surface area contributed by atoms with Crippen LogP contribution in [0, 0.1) is 6.92 Å². The van der Waals surface area contributed by atoms with E-state index in [0.717, 1.165) is 22.9 Å². The molecule has 0 unspecified atom stereocenters. The first-order chi connectivity index (χ1) is 17.2. The van der Waals surface area contributed by atoms with E-state index in [1.807, 2.05) is 31.2 Å². The van der Waals surface area contributed by atoms with Crippen molar-refractivity contribution < 1.29 is 26.9 Å². The lowest BCUT2D eigenvalue weighted by Crippen LogP contribution is -2.27. The molecule has 36 heavy (non-hydrogen) atoms. The fourth-order valence-corrected chi connectivity index (χ4v) is 5.54. The summed E-state index contributed by atoms with van der Waals surface area (Å²) in [5.41, 5.74) is 2.37. The van der Waals surface area contributed by atoms with E-state index in [4.69, 9.17) is 20.5 Å². The van der Waals surface area contributed by atoms with Gasteiger partial charge in [-0.1, -0.05) is 59.6 Å². The minimum Gasteiger partial charge on any atom is -0.490 e. The number of aryl methyl sites for hydroxylation is 1. The number of nitrogens with zero attached hydrogens (tertiary/aromatic N) is 1. The number of imide groups is 1. The summed E-state index contributed by atoms with van der Waals surface area (Å²) < 4.78 is 36.3. The summed E-state index contributed by atoms with van der Waals surface area (Å²) in [4.78, 5) is 26.8. The number of ether oxygens (including phenoxy) is 1. The van der Waals surface area contributed by atoms with Crippen LogP contribution in [0.5, 0.6) is 11.5 Å². The van der Waals surface area contributed by atoms with Crippen molar-refractivity contribution in [3.05, 3.63) is 93.3 Å². The fourth-order valence-electron chi connectivity index (χ4n) is 3.42. The van der Waals surface area contributed by atoms with Crippen molar-refractivity contribution in [1.82, 2.24) is 4.90 Å². The Morgan fingerprint density at radius 2 is 1.72 bits per heavy atom. The summed E-state index contributed by atoms with van der Waals surface area (Å²) in [6.45, 7) is 4.07. The molecule has 2 amide bonds. The summed E-state index contributed by atoms with van der Waals surface area (Å²) in [6.07, 6.45) is 1.52. The Hall–Kier alpha value is -3.27. The van der Waals surface area contributed by atoms with Gasteiger partial charge in [-0.3, -0.25) is 14.5 Å². The maximum Gasteiger partial charge on any atom is 0.339 e. The minimum absolute atomic E-state index is 0.0226. The van der Waals surface area contributed by atoms with Gasteiger partial charge in [-0.2, -0.15) is 8.42 Å². The van der Waals surface area contributed by atoms with Gasteiger partial charge in [-0.25, -0.2) is 0 Å². The molecule has 0 aliphatic carbocycles. The van der Waals surface area contributed by atoms with E-state index < -0.39 is 16.0 Å². The molecule has 0 saturated carbocycles. The minimum atomic E-state index is -4.16. The van der Waals surface area contributed by atoms with Crippen molar-refractivity contribution in [2.75, 3.05) is 6.61 Å². The quantitative estimate of drug-likeness (QED) is 0.252. The van der Waals surface area contributed by atoms with E-state index in [2.05, 4.69) is 0 Å². The summed E-state index contributed by atoms with van der Waals surface area (Å²) in [7, 11) is -4.16. The van der Waals surface area contributed by atoms with Crippen LogP contribution in [-0.2, 0) is 21.5 Å². The zero-order valence-corrected chi connectivity index (χ0v) is 21.8. The lowest BCUT2D eigenvalue weighted by atomic mass is 10.1. The van der Waals surface area contributed by atoms with Gasteiger partial charge in [0.25, 0.3) is 11.1 Å². The molecule has 3 aromatic carbocycles. The molecule has 186 valence electrons. The van der Waals surface area contributed by atoms with Crippen LogP contribution in [0.3, 0.4) is 0 Å². The first kappa shape index (κ1) is 25.8. The van der Waals surface area contributed by atoms with Crippen molar-refractivity contribution in [2.45, 2.75) is 25.3 Å². The highest BCUT2D eigenvalue weighted by molar-refractivity contribution is 8.18. The van der Waals surface area contributed by atoms with E-state index in [-0.39, 0.29) is 44.7 Å². The van der Waals surface area contributed by atoms with Gasteiger partial charge in [0.2, 0.25) is 5.75 Å². The predicted octanol–water partition coefficient (Wildman–Crippen LogP) is 6.05. The Labute approximate surface area is 218 Å². The maximum absolute atomic E-state index is 12.9. The molecule has 1 saturated heterocycles. The van der Waals surface area contributed by atoms with E-state index in [0.29, 0.717) is 5.56 Å². The largest absolute Gasteiger partial charge is 0.490 e. The second-order valence-corrected chi connectivity index (χ2v) is 10.8. The van der Waals surface area contributed by atoms with Crippen LogP contribution in [0.4, 0.5) is 4.79 Å². The van der Waals surface area contributed by atoms with Crippen LogP contribution >= 0.6 is 23.4 Å².